The van der Waals surface area contributed by atoms with Crippen LogP contribution in [-0.2, 0) is 0 Å². The van der Waals surface area contributed by atoms with Gasteiger partial charge in [0, 0.05) is 12.1 Å². The van der Waals surface area contributed by atoms with E-state index in [1.54, 1.807) is 12.1 Å². The van der Waals surface area contributed by atoms with Crippen molar-refractivity contribution in [2.24, 2.45) is 0 Å². The molecule has 1 amide bonds. The first-order valence-corrected chi connectivity index (χ1v) is 7.03. The van der Waals surface area contributed by atoms with E-state index in [0.29, 0.717) is 11.8 Å². The van der Waals surface area contributed by atoms with Gasteiger partial charge in [0.15, 0.2) is 0 Å². The number of phenolic OH excluding ortho intramolecular Hbond substituents is 1. The summed E-state index contributed by atoms with van der Waals surface area (Å²) in [7, 11) is 1.53. The van der Waals surface area contributed by atoms with E-state index in [9.17, 15) is 9.90 Å². The molecule has 5 heteroatoms. The number of hydrogen-bond acceptors (Lipinski definition) is 4. The van der Waals surface area contributed by atoms with Crippen molar-refractivity contribution in [3.05, 3.63) is 23.8 Å². The summed E-state index contributed by atoms with van der Waals surface area (Å²) in [6.45, 7) is 2.98. The SMILES string of the molecule is COc1ccc(O)c(C(=O)NC(C)C2CCCCN2)c1. The molecule has 20 heavy (non-hydrogen) atoms. The van der Waals surface area contributed by atoms with Crippen molar-refractivity contribution in [3.8, 4) is 11.5 Å². The number of benzene rings is 1. The summed E-state index contributed by atoms with van der Waals surface area (Å²) in [5.74, 6) is 0.241. The summed E-state index contributed by atoms with van der Waals surface area (Å²) >= 11 is 0. The largest absolute Gasteiger partial charge is 0.507 e. The minimum atomic E-state index is -0.277. The van der Waals surface area contributed by atoms with Gasteiger partial charge in [-0.25, -0.2) is 0 Å². The van der Waals surface area contributed by atoms with Crippen molar-refractivity contribution >= 4 is 5.91 Å². The normalized spacial score (nSPS) is 20.2. The van der Waals surface area contributed by atoms with Crippen LogP contribution in [0.5, 0.6) is 11.5 Å². The zero-order valence-corrected chi connectivity index (χ0v) is 12.0. The molecule has 2 unspecified atom stereocenters. The van der Waals surface area contributed by atoms with E-state index < -0.39 is 0 Å². The monoisotopic (exact) mass is 278 g/mol. The molecule has 0 saturated carbocycles. The molecule has 0 spiro atoms. The zero-order valence-electron chi connectivity index (χ0n) is 12.0. The predicted molar refractivity (Wildman–Crippen MR) is 77.2 cm³/mol. The van der Waals surface area contributed by atoms with Crippen LogP contribution in [0, 0.1) is 0 Å². The van der Waals surface area contributed by atoms with Crippen LogP contribution >= 0.6 is 0 Å². The molecule has 2 atom stereocenters. The second-order valence-electron chi connectivity index (χ2n) is 5.20. The van der Waals surface area contributed by atoms with E-state index in [2.05, 4.69) is 10.6 Å². The second-order valence-corrected chi connectivity index (χ2v) is 5.20. The number of piperidine rings is 1. The number of carbonyl (C=O) groups is 1. The maximum Gasteiger partial charge on any atom is 0.255 e. The Kier molecular flexibility index (Phi) is 4.84. The van der Waals surface area contributed by atoms with Crippen LogP contribution in [0.4, 0.5) is 0 Å². The molecule has 2 rings (SSSR count). The highest BCUT2D eigenvalue weighted by Crippen LogP contribution is 2.23. The lowest BCUT2D eigenvalue weighted by molar-refractivity contribution is 0.0925. The minimum absolute atomic E-state index is 0.0217. The summed E-state index contributed by atoms with van der Waals surface area (Å²) in [5, 5.41) is 16.1. The Labute approximate surface area is 119 Å². The zero-order chi connectivity index (χ0) is 14.5. The molecule has 110 valence electrons. The summed E-state index contributed by atoms with van der Waals surface area (Å²) < 4.78 is 5.08. The first kappa shape index (κ1) is 14.7. The van der Waals surface area contributed by atoms with Gasteiger partial charge in [0.05, 0.1) is 12.7 Å². The van der Waals surface area contributed by atoms with Gasteiger partial charge in [-0.2, -0.15) is 0 Å². The third-order valence-corrected chi connectivity index (χ3v) is 3.76. The van der Waals surface area contributed by atoms with Gasteiger partial charge in [0.2, 0.25) is 0 Å². The third-order valence-electron chi connectivity index (χ3n) is 3.76. The lowest BCUT2D eigenvalue weighted by atomic mass is 9.99. The number of ether oxygens (including phenoxy) is 1. The molecule has 1 aromatic rings. The van der Waals surface area contributed by atoms with Crippen LogP contribution in [0.25, 0.3) is 0 Å². The van der Waals surface area contributed by atoms with E-state index in [0.717, 1.165) is 13.0 Å². The lowest BCUT2D eigenvalue weighted by Crippen LogP contribution is -2.50. The fraction of sp³-hybridized carbons (Fsp3) is 0.533. The van der Waals surface area contributed by atoms with Gasteiger partial charge >= 0.3 is 0 Å². The van der Waals surface area contributed by atoms with Gasteiger partial charge in [0.1, 0.15) is 11.5 Å². The van der Waals surface area contributed by atoms with Gasteiger partial charge < -0.3 is 20.5 Å². The highest BCUT2D eigenvalue weighted by molar-refractivity contribution is 5.97. The number of phenols is 1. The topological polar surface area (TPSA) is 70.6 Å². The lowest BCUT2D eigenvalue weighted by Gasteiger charge is -2.29. The van der Waals surface area contributed by atoms with Crippen LogP contribution in [0.15, 0.2) is 18.2 Å². The molecular weight excluding hydrogens is 256 g/mol. The summed E-state index contributed by atoms with van der Waals surface area (Å²) in [4.78, 5) is 12.2. The number of carbonyl (C=O) groups excluding carboxylic acids is 1. The van der Waals surface area contributed by atoms with Gasteiger partial charge in [-0.05, 0) is 44.5 Å². The third kappa shape index (κ3) is 3.42. The molecule has 0 aromatic heterocycles. The molecule has 3 N–H and O–H groups in total. The van der Waals surface area contributed by atoms with Crippen LogP contribution in [-0.4, -0.2) is 36.8 Å². The molecule has 1 saturated heterocycles. The molecular formula is C15H22N2O3. The van der Waals surface area contributed by atoms with Gasteiger partial charge in [-0.3, -0.25) is 4.79 Å². The van der Waals surface area contributed by atoms with Crippen molar-refractivity contribution in [2.75, 3.05) is 13.7 Å². The predicted octanol–water partition coefficient (Wildman–Crippen LogP) is 1.66. The average molecular weight is 278 g/mol. The Morgan fingerprint density at radius 1 is 1.50 bits per heavy atom. The van der Waals surface area contributed by atoms with E-state index in [4.69, 9.17) is 4.74 Å². The first-order valence-electron chi connectivity index (χ1n) is 7.03. The Balaban J connectivity index is 2.03. The Bertz CT molecular complexity index is 470. The smallest absolute Gasteiger partial charge is 0.255 e. The average Bonchev–Trinajstić information content (AvgIpc) is 2.48. The Morgan fingerprint density at radius 2 is 2.30 bits per heavy atom. The van der Waals surface area contributed by atoms with Gasteiger partial charge in [-0.15, -0.1) is 0 Å². The first-order chi connectivity index (χ1) is 9.61. The molecule has 1 aliphatic heterocycles. The van der Waals surface area contributed by atoms with Crippen LogP contribution in [0.1, 0.15) is 36.5 Å². The standard InChI is InChI=1S/C15H22N2O3/c1-10(13-5-3-4-8-16-13)17-15(19)12-9-11(20-2)6-7-14(12)18/h6-7,9-10,13,16,18H,3-5,8H2,1-2H3,(H,17,19). The van der Waals surface area contributed by atoms with Crippen molar-refractivity contribution < 1.29 is 14.6 Å². The van der Waals surface area contributed by atoms with Gasteiger partial charge in [-0.1, -0.05) is 6.42 Å². The van der Waals surface area contributed by atoms with Crippen LogP contribution in [0.3, 0.4) is 0 Å². The number of rotatable bonds is 4. The summed E-state index contributed by atoms with van der Waals surface area (Å²) in [5.41, 5.74) is 0.243. The molecule has 0 radical (unpaired) electrons. The van der Waals surface area contributed by atoms with E-state index in [-0.39, 0.29) is 23.3 Å². The van der Waals surface area contributed by atoms with Crippen LogP contribution in [0.2, 0.25) is 0 Å². The molecule has 0 bridgehead atoms. The highest BCUT2D eigenvalue weighted by atomic mass is 16.5. The molecule has 1 aromatic carbocycles. The Morgan fingerprint density at radius 3 is 2.95 bits per heavy atom. The fourth-order valence-corrected chi connectivity index (χ4v) is 2.51. The Hall–Kier alpha value is -1.75. The minimum Gasteiger partial charge on any atom is -0.507 e. The van der Waals surface area contributed by atoms with Gasteiger partial charge in [0.25, 0.3) is 5.91 Å². The van der Waals surface area contributed by atoms with Crippen molar-refractivity contribution in [2.45, 2.75) is 38.3 Å². The van der Waals surface area contributed by atoms with Crippen molar-refractivity contribution in [1.29, 1.82) is 0 Å². The number of methoxy groups -OCH3 is 1. The number of hydrogen-bond donors (Lipinski definition) is 3. The van der Waals surface area contributed by atoms with Crippen molar-refractivity contribution in [1.82, 2.24) is 10.6 Å². The van der Waals surface area contributed by atoms with E-state index in [1.807, 2.05) is 6.92 Å². The number of nitrogens with one attached hydrogen (secondary N) is 2. The quantitative estimate of drug-likeness (QED) is 0.783. The molecule has 1 fully saturated rings. The van der Waals surface area contributed by atoms with E-state index in [1.165, 1.54) is 26.0 Å². The second kappa shape index (κ2) is 6.61. The fourth-order valence-electron chi connectivity index (χ4n) is 2.51. The number of amides is 1. The highest BCUT2D eigenvalue weighted by Gasteiger charge is 2.22. The maximum absolute atomic E-state index is 12.2. The molecule has 1 aliphatic rings. The van der Waals surface area contributed by atoms with Crippen LogP contribution < -0.4 is 15.4 Å². The molecule has 1 heterocycles. The molecule has 0 aliphatic carbocycles. The van der Waals surface area contributed by atoms with Crippen molar-refractivity contribution in [3.63, 3.8) is 0 Å². The number of aromatic hydroxyl groups is 1. The summed E-state index contributed by atoms with van der Waals surface area (Å²) in [6, 6.07) is 4.95. The maximum atomic E-state index is 12.2. The summed E-state index contributed by atoms with van der Waals surface area (Å²) in [6.07, 6.45) is 3.43. The van der Waals surface area contributed by atoms with E-state index >= 15 is 0 Å². The molecule has 5 nitrogen and oxygen atoms in total.